The zero-order valence-corrected chi connectivity index (χ0v) is 78.4. The number of aromatic nitrogens is 4. The first kappa shape index (κ1) is 102. The van der Waals surface area contributed by atoms with Crippen molar-refractivity contribution in [2.24, 2.45) is 32.3 Å². The summed E-state index contributed by atoms with van der Waals surface area (Å²) in [5.41, 5.74) is 8.17. The van der Waals surface area contributed by atoms with Crippen LogP contribution in [0.15, 0.2) is 169 Å². The molecule has 1 aliphatic rings. The second-order valence-electron chi connectivity index (χ2n) is 35.9. The number of allylic oxidation sites excluding steroid dienone is 3. The van der Waals surface area contributed by atoms with Gasteiger partial charge in [0.25, 0.3) is 22.9 Å². The van der Waals surface area contributed by atoms with E-state index in [2.05, 4.69) is 93.2 Å². The molecule has 0 aliphatic heterocycles. The molecule has 0 spiro atoms. The Labute approximate surface area is 756 Å². The number of anilines is 2. The first-order chi connectivity index (χ1) is 61.8. The molecule has 126 heavy (non-hydrogen) atoms. The van der Waals surface area contributed by atoms with E-state index in [4.69, 9.17) is 9.47 Å². The van der Waals surface area contributed by atoms with Gasteiger partial charge in [-0.2, -0.15) is 0 Å². The number of nitrogens with one attached hydrogen (secondary N) is 4. The van der Waals surface area contributed by atoms with E-state index < -0.39 is 17.5 Å². The molecule has 4 N–H and O–H groups in total. The molecule has 18 nitrogen and oxygen atoms in total. The third kappa shape index (κ3) is 38.3. The minimum Gasteiger partial charge on any atom is -0.462 e. The molecule has 18 heteroatoms. The standard InChI is InChI=1S/C108H158N10O8/c1-7-11-15-19-23-25-27-31-37-45-57-87-67-75-93(76-68-87)109-103(119)91-71-79-95(80-72-91)117-105(121)101(85(5)115-117)113-111-99-65-53-51-63-97(99)107(123)125-83-55-43-35-33-41-49-61-89(59-47-39-29-21-17-13-9-3)90(60-48-40-30-22-18-14-10-4)62-50-42-34-36-44-56-84-126-108(124)98-64-52-54-66-100(98)112-114-102-86(6)116-118(106(102)122)96-81-73-92(74-82-96)104(120)110-94-77-69-88(70-78-94)58-46-38-32-28-26-24-20-16-12-8-2/h51-54,63-73,75-81,89-90,115-116H,7-50,55-62,74,82-84H2,1-6H3,(H,109,119)(H,110,120). The molecule has 688 valence electrons. The fourth-order valence-corrected chi connectivity index (χ4v) is 17.6. The monoisotopic (exact) mass is 1720 g/mol. The molecule has 0 bridgehead atoms. The average molecular weight is 1720 g/mol. The summed E-state index contributed by atoms with van der Waals surface area (Å²) < 4.78 is 14.5. The second kappa shape index (κ2) is 62.0. The highest BCUT2D eigenvalue weighted by Gasteiger charge is 2.24. The van der Waals surface area contributed by atoms with Gasteiger partial charge in [-0.3, -0.25) is 29.4 Å². The summed E-state index contributed by atoms with van der Waals surface area (Å²) in [7, 11) is 0. The topological polar surface area (TPSA) is 236 Å². The molecule has 7 aromatic rings. The molecule has 0 radical (unpaired) electrons. The highest BCUT2D eigenvalue weighted by Crippen LogP contribution is 2.36. The maximum absolute atomic E-state index is 13.8. The van der Waals surface area contributed by atoms with E-state index in [1.54, 1.807) is 98.8 Å². The predicted octanol–water partition coefficient (Wildman–Crippen LogP) is 31.5. The molecule has 1 aliphatic carbocycles. The Balaban J connectivity index is 0.729. The van der Waals surface area contributed by atoms with Gasteiger partial charge >= 0.3 is 11.9 Å². The summed E-state index contributed by atoms with van der Waals surface area (Å²) in [6.07, 6.45) is 69.8. The van der Waals surface area contributed by atoms with Gasteiger partial charge in [-0.05, 0) is 167 Å². The van der Waals surface area contributed by atoms with Gasteiger partial charge in [0.2, 0.25) is 0 Å². The second-order valence-corrected chi connectivity index (χ2v) is 35.9. The molecule has 8 rings (SSSR count). The lowest BCUT2D eigenvalue weighted by atomic mass is 9.78. The summed E-state index contributed by atoms with van der Waals surface area (Å²) in [5.74, 6) is 0.188. The van der Waals surface area contributed by atoms with Crippen molar-refractivity contribution in [2.75, 3.05) is 23.8 Å². The van der Waals surface area contributed by atoms with E-state index in [0.717, 1.165) is 74.6 Å². The maximum Gasteiger partial charge on any atom is 0.340 e. The number of ether oxygens (including phenoxy) is 2. The average Bonchev–Trinajstić information content (AvgIpc) is 1.66. The van der Waals surface area contributed by atoms with E-state index in [1.165, 1.54) is 303 Å². The number of unbranched alkanes of at least 4 members (excludes halogenated alkanes) is 40. The Morgan fingerprint density at radius 3 is 1.06 bits per heavy atom. The van der Waals surface area contributed by atoms with Crippen molar-refractivity contribution in [3.63, 3.8) is 0 Å². The van der Waals surface area contributed by atoms with Gasteiger partial charge in [0.1, 0.15) is 11.4 Å². The number of benzene rings is 5. The van der Waals surface area contributed by atoms with Gasteiger partial charge < -0.3 is 20.1 Å². The summed E-state index contributed by atoms with van der Waals surface area (Å²) in [5, 5.41) is 29.9. The Hall–Kier alpha value is -9.32. The fraction of sp³-hybridized carbons (Fsp3) is 0.593. The highest BCUT2D eigenvalue weighted by molar-refractivity contribution is 6.05. The van der Waals surface area contributed by atoms with Crippen LogP contribution in [0.2, 0.25) is 0 Å². The van der Waals surface area contributed by atoms with Crippen LogP contribution in [-0.4, -0.2) is 56.5 Å². The zero-order valence-electron chi connectivity index (χ0n) is 78.4. The van der Waals surface area contributed by atoms with Crippen LogP contribution in [0.1, 0.15) is 415 Å². The minimum atomic E-state index is -0.470. The van der Waals surface area contributed by atoms with Gasteiger partial charge in [0.15, 0.2) is 11.4 Å². The van der Waals surface area contributed by atoms with Crippen molar-refractivity contribution in [1.29, 1.82) is 0 Å². The number of rotatable bonds is 69. The molecule has 2 aromatic heterocycles. The van der Waals surface area contributed by atoms with Crippen molar-refractivity contribution in [1.82, 2.24) is 19.6 Å². The molecular weight excluding hydrogens is 1570 g/mol. The first-order valence-corrected chi connectivity index (χ1v) is 50.1. The largest absolute Gasteiger partial charge is 0.462 e. The van der Waals surface area contributed by atoms with E-state index in [-0.39, 0.29) is 34.3 Å². The van der Waals surface area contributed by atoms with E-state index in [0.29, 0.717) is 76.9 Å². The summed E-state index contributed by atoms with van der Waals surface area (Å²) in [6.45, 7) is 13.3. The zero-order chi connectivity index (χ0) is 89.2. The SMILES string of the molecule is CCCCCCCCCCCCc1ccc(NC(=O)C2=CC=C(n3[nH]c(C)c(N=Nc4ccccc4C(=O)OCCCCCCCCC(CCCCCCCCC)C(CCCCCCCCC)CCCCCCCCOC(=O)c4ccccc4N=Nc4c(C)[nH]n(-c5ccc(C(=O)Nc6ccc(CCCCCCCCCCCC)cc6)cc5)c4=O)c3=O)CC2)cc1. The maximum atomic E-state index is 13.8. The van der Waals surface area contributed by atoms with Crippen molar-refractivity contribution in [3.8, 4) is 5.69 Å². The Morgan fingerprint density at radius 1 is 0.357 bits per heavy atom. The molecule has 0 saturated heterocycles. The van der Waals surface area contributed by atoms with Crippen LogP contribution in [0.4, 0.5) is 34.1 Å². The number of H-pyrrole nitrogens is 2. The number of hydrogen-bond donors (Lipinski definition) is 4. The van der Waals surface area contributed by atoms with Crippen LogP contribution >= 0.6 is 0 Å². The number of esters is 2. The van der Waals surface area contributed by atoms with Crippen molar-refractivity contribution in [2.45, 2.75) is 388 Å². The number of hydrogen-bond acceptors (Lipinski definition) is 12. The van der Waals surface area contributed by atoms with Crippen molar-refractivity contribution in [3.05, 3.63) is 199 Å². The lowest BCUT2D eigenvalue weighted by Gasteiger charge is -2.28. The Bertz CT molecular complexity index is 4480. The smallest absolute Gasteiger partial charge is 0.340 e. The lowest BCUT2D eigenvalue weighted by molar-refractivity contribution is -0.113. The van der Waals surface area contributed by atoms with Crippen molar-refractivity contribution < 1.29 is 28.7 Å². The Morgan fingerprint density at radius 2 is 0.690 bits per heavy atom. The molecule has 2 atom stereocenters. The molecule has 2 unspecified atom stereocenters. The normalized spacial score (nSPS) is 12.7. The molecule has 2 heterocycles. The molecule has 0 fully saturated rings. The van der Waals surface area contributed by atoms with Gasteiger partial charge in [0.05, 0.1) is 41.4 Å². The molecule has 2 amide bonds. The number of nitrogens with zero attached hydrogens (tertiary/aromatic N) is 6. The molecular formula is C108H158N10O8. The van der Waals surface area contributed by atoms with Crippen LogP contribution in [0, 0.1) is 25.7 Å². The summed E-state index contributed by atoms with van der Waals surface area (Å²) in [4.78, 5) is 81.4. The first-order valence-electron chi connectivity index (χ1n) is 50.1. The van der Waals surface area contributed by atoms with E-state index in [9.17, 15) is 28.8 Å². The van der Waals surface area contributed by atoms with E-state index in [1.807, 2.05) is 24.3 Å². The third-order valence-corrected chi connectivity index (χ3v) is 25.4. The van der Waals surface area contributed by atoms with Crippen LogP contribution in [0.3, 0.4) is 0 Å². The number of aromatic amines is 2. The fourth-order valence-electron chi connectivity index (χ4n) is 17.6. The Kier molecular flexibility index (Phi) is 50.2. The summed E-state index contributed by atoms with van der Waals surface area (Å²) in [6, 6.07) is 37.0. The van der Waals surface area contributed by atoms with Crippen LogP contribution < -0.4 is 21.8 Å². The number of carbonyl (C=O) groups is 4. The summed E-state index contributed by atoms with van der Waals surface area (Å²) >= 11 is 0. The van der Waals surface area contributed by atoms with Gasteiger partial charge in [-0.15, -0.1) is 20.5 Å². The van der Waals surface area contributed by atoms with Crippen LogP contribution in [0.25, 0.3) is 11.4 Å². The number of aryl methyl sites for hydroxylation is 4. The van der Waals surface area contributed by atoms with Crippen molar-refractivity contribution >= 4 is 63.6 Å². The van der Waals surface area contributed by atoms with E-state index >= 15 is 0 Å². The van der Waals surface area contributed by atoms with Crippen LogP contribution in [0.5, 0.6) is 0 Å². The minimum absolute atomic E-state index is 0.113. The molecule has 0 saturated carbocycles. The van der Waals surface area contributed by atoms with Gasteiger partial charge in [0, 0.05) is 28.2 Å². The van der Waals surface area contributed by atoms with Gasteiger partial charge in [-0.25, -0.2) is 19.0 Å². The number of carbonyl (C=O) groups excluding carboxylic acids is 4. The predicted molar refractivity (Wildman–Crippen MR) is 522 cm³/mol. The number of azo groups is 2. The lowest BCUT2D eigenvalue weighted by Crippen LogP contribution is -2.19. The quantitative estimate of drug-likeness (QED) is 0.0162. The number of amides is 2. The van der Waals surface area contributed by atoms with Gasteiger partial charge in [-0.1, -0.05) is 378 Å². The third-order valence-electron chi connectivity index (χ3n) is 25.4. The van der Waals surface area contributed by atoms with Crippen LogP contribution in [-0.2, 0) is 27.1 Å². The highest BCUT2D eigenvalue weighted by atomic mass is 16.5. The molecule has 5 aromatic carbocycles.